The molecule has 1 aromatic carbocycles. The molecule has 0 unspecified atom stereocenters. The molecule has 0 radical (unpaired) electrons. The van der Waals surface area contributed by atoms with Crippen molar-refractivity contribution in [2.45, 2.75) is 11.1 Å². The molecule has 0 fully saturated rings. The molecule has 0 spiro atoms. The maximum atomic E-state index is 12.9. The Morgan fingerprint density at radius 2 is 1.86 bits per heavy atom. The molecule has 0 saturated heterocycles. The molecule has 0 aromatic heterocycles. The van der Waals surface area contributed by atoms with E-state index in [4.69, 9.17) is 5.26 Å². The van der Waals surface area contributed by atoms with E-state index in [9.17, 15) is 17.6 Å². The minimum atomic E-state index is -4.60. The molecule has 0 bridgehead atoms. The summed E-state index contributed by atoms with van der Waals surface area (Å²) in [6.45, 7) is 0. The van der Waals surface area contributed by atoms with Gasteiger partial charge in [-0.2, -0.15) is 18.4 Å². The van der Waals surface area contributed by atoms with Crippen molar-refractivity contribution in [3.05, 3.63) is 29.1 Å². The number of alkyl halides is 3. The lowest BCUT2D eigenvalue weighted by atomic mass is 10.1. The molecule has 14 heavy (non-hydrogen) atoms. The summed E-state index contributed by atoms with van der Waals surface area (Å²) in [5.74, 6) is -1.04. The number of nitrogens with zero attached hydrogens (tertiary/aromatic N) is 1. The molecule has 0 saturated carbocycles. The zero-order chi connectivity index (χ0) is 10.9. The number of hydrogen-bond donors (Lipinski definition) is 1. The van der Waals surface area contributed by atoms with Crippen LogP contribution in [0.25, 0.3) is 0 Å². The highest BCUT2D eigenvalue weighted by atomic mass is 32.1. The van der Waals surface area contributed by atoms with Crippen molar-refractivity contribution < 1.29 is 17.6 Å². The second-order valence-electron chi connectivity index (χ2n) is 2.47. The standard InChI is InChI=1S/C8H3F4NS/c9-7-4(3-13)1-5(2-6(7)14)8(10,11)12/h1-2,14H. The van der Waals surface area contributed by atoms with Gasteiger partial charge in [0.05, 0.1) is 11.1 Å². The van der Waals surface area contributed by atoms with Gasteiger partial charge in [-0.05, 0) is 12.1 Å². The van der Waals surface area contributed by atoms with Gasteiger partial charge in [-0.3, -0.25) is 0 Å². The Balaban J connectivity index is 3.40. The molecular formula is C8H3F4NS. The summed E-state index contributed by atoms with van der Waals surface area (Å²) in [7, 11) is 0. The summed E-state index contributed by atoms with van der Waals surface area (Å²) in [4.78, 5) is -0.489. The fourth-order valence-corrected chi connectivity index (χ4v) is 1.11. The summed E-state index contributed by atoms with van der Waals surface area (Å²) >= 11 is 3.50. The SMILES string of the molecule is N#Cc1cc(C(F)(F)F)cc(S)c1F. The molecule has 74 valence electrons. The lowest BCUT2D eigenvalue weighted by Crippen LogP contribution is -2.06. The summed E-state index contributed by atoms with van der Waals surface area (Å²) < 4.78 is 49.4. The van der Waals surface area contributed by atoms with Gasteiger partial charge in [0, 0.05) is 4.90 Å². The smallest absolute Gasteiger partial charge is 0.204 e. The number of halogens is 4. The van der Waals surface area contributed by atoms with Crippen LogP contribution in [0.1, 0.15) is 11.1 Å². The van der Waals surface area contributed by atoms with E-state index in [1.165, 1.54) is 6.07 Å². The van der Waals surface area contributed by atoms with E-state index < -0.39 is 28.0 Å². The first-order valence-corrected chi connectivity index (χ1v) is 3.81. The molecule has 0 aliphatic carbocycles. The van der Waals surface area contributed by atoms with Gasteiger partial charge < -0.3 is 0 Å². The van der Waals surface area contributed by atoms with Gasteiger partial charge in [0.25, 0.3) is 0 Å². The Morgan fingerprint density at radius 1 is 1.29 bits per heavy atom. The number of rotatable bonds is 0. The Morgan fingerprint density at radius 3 is 2.29 bits per heavy atom. The van der Waals surface area contributed by atoms with Crippen molar-refractivity contribution >= 4 is 12.6 Å². The molecule has 1 aromatic rings. The second kappa shape index (κ2) is 3.50. The Kier molecular flexibility index (Phi) is 2.71. The van der Waals surface area contributed by atoms with Crippen LogP contribution in [-0.2, 0) is 6.18 Å². The minimum absolute atomic E-state index is 0.453. The lowest BCUT2D eigenvalue weighted by molar-refractivity contribution is -0.137. The van der Waals surface area contributed by atoms with Crippen LogP contribution in [0.3, 0.4) is 0 Å². The van der Waals surface area contributed by atoms with E-state index in [-0.39, 0.29) is 0 Å². The Bertz CT molecular complexity index is 405. The average Bonchev–Trinajstić information content (AvgIpc) is 2.07. The van der Waals surface area contributed by atoms with Crippen LogP contribution in [0, 0.1) is 17.1 Å². The van der Waals surface area contributed by atoms with Crippen LogP contribution in [0.5, 0.6) is 0 Å². The molecule has 0 N–H and O–H groups in total. The zero-order valence-corrected chi connectivity index (χ0v) is 7.46. The third-order valence-electron chi connectivity index (χ3n) is 1.50. The third-order valence-corrected chi connectivity index (χ3v) is 1.83. The number of nitriles is 1. The molecule has 1 nitrogen and oxygen atoms in total. The molecule has 0 amide bonds. The van der Waals surface area contributed by atoms with Crippen LogP contribution >= 0.6 is 12.6 Å². The molecule has 0 aliphatic rings. The molecule has 1 rings (SSSR count). The van der Waals surface area contributed by atoms with Gasteiger partial charge in [0.15, 0.2) is 5.82 Å². The van der Waals surface area contributed by atoms with Crippen molar-refractivity contribution in [1.82, 2.24) is 0 Å². The normalized spacial score (nSPS) is 11.1. The van der Waals surface area contributed by atoms with Crippen molar-refractivity contribution in [1.29, 1.82) is 5.26 Å². The van der Waals surface area contributed by atoms with Crippen LogP contribution in [-0.4, -0.2) is 0 Å². The quantitative estimate of drug-likeness (QED) is 0.528. The highest BCUT2D eigenvalue weighted by Gasteiger charge is 2.32. The van der Waals surface area contributed by atoms with E-state index in [1.54, 1.807) is 0 Å². The van der Waals surface area contributed by atoms with E-state index >= 15 is 0 Å². The topological polar surface area (TPSA) is 23.8 Å². The van der Waals surface area contributed by atoms with Crippen LogP contribution in [0.4, 0.5) is 17.6 Å². The third kappa shape index (κ3) is 1.99. The second-order valence-corrected chi connectivity index (χ2v) is 2.95. The number of hydrogen-bond acceptors (Lipinski definition) is 2. The fourth-order valence-electron chi connectivity index (χ4n) is 0.854. The van der Waals surface area contributed by atoms with E-state index in [0.29, 0.717) is 12.1 Å². The van der Waals surface area contributed by atoms with Crippen LogP contribution in [0.2, 0.25) is 0 Å². The molecular weight excluding hydrogens is 218 g/mol. The highest BCUT2D eigenvalue weighted by Crippen LogP contribution is 2.32. The van der Waals surface area contributed by atoms with Gasteiger partial charge in [0.1, 0.15) is 6.07 Å². The summed E-state index contributed by atoms with van der Waals surface area (Å²) in [5.41, 5.74) is -1.75. The Hall–Kier alpha value is -1.22. The number of thiol groups is 1. The van der Waals surface area contributed by atoms with E-state index in [0.717, 1.165) is 0 Å². The van der Waals surface area contributed by atoms with Gasteiger partial charge in [0.2, 0.25) is 0 Å². The van der Waals surface area contributed by atoms with Gasteiger partial charge >= 0.3 is 6.18 Å². The number of benzene rings is 1. The summed E-state index contributed by atoms with van der Waals surface area (Å²) in [6.07, 6.45) is -4.60. The minimum Gasteiger partial charge on any atom is -0.204 e. The molecule has 0 atom stereocenters. The first-order valence-electron chi connectivity index (χ1n) is 3.36. The first-order chi connectivity index (χ1) is 6.36. The van der Waals surface area contributed by atoms with Crippen molar-refractivity contribution in [2.24, 2.45) is 0 Å². The fraction of sp³-hybridized carbons (Fsp3) is 0.125. The van der Waals surface area contributed by atoms with Gasteiger partial charge in [-0.1, -0.05) is 0 Å². The molecule has 0 aliphatic heterocycles. The lowest BCUT2D eigenvalue weighted by Gasteiger charge is -2.08. The molecule has 6 heteroatoms. The average molecular weight is 221 g/mol. The summed E-state index contributed by atoms with van der Waals surface area (Å²) in [5, 5.41) is 8.34. The predicted molar refractivity (Wildman–Crippen MR) is 43.4 cm³/mol. The zero-order valence-electron chi connectivity index (χ0n) is 6.56. The van der Waals surface area contributed by atoms with Gasteiger partial charge in [-0.15, -0.1) is 12.6 Å². The van der Waals surface area contributed by atoms with Crippen molar-refractivity contribution in [2.75, 3.05) is 0 Å². The highest BCUT2D eigenvalue weighted by molar-refractivity contribution is 7.80. The van der Waals surface area contributed by atoms with Crippen molar-refractivity contribution in [3.8, 4) is 6.07 Å². The first kappa shape index (κ1) is 10.9. The Labute approximate surface area is 82.4 Å². The van der Waals surface area contributed by atoms with Crippen molar-refractivity contribution in [3.63, 3.8) is 0 Å². The van der Waals surface area contributed by atoms with E-state index in [1.807, 2.05) is 0 Å². The monoisotopic (exact) mass is 221 g/mol. The van der Waals surface area contributed by atoms with Gasteiger partial charge in [-0.25, -0.2) is 4.39 Å². The van der Waals surface area contributed by atoms with Crippen LogP contribution in [0.15, 0.2) is 17.0 Å². The maximum absolute atomic E-state index is 12.9. The predicted octanol–water partition coefficient (Wildman–Crippen LogP) is 3.00. The van der Waals surface area contributed by atoms with E-state index in [2.05, 4.69) is 12.6 Å². The van der Waals surface area contributed by atoms with Crippen LogP contribution < -0.4 is 0 Å². The summed E-state index contributed by atoms with van der Waals surface area (Å²) in [6, 6.07) is 2.32. The molecule has 0 heterocycles. The maximum Gasteiger partial charge on any atom is 0.416 e. The largest absolute Gasteiger partial charge is 0.416 e.